The molecule has 1 atom stereocenters. The average Bonchev–Trinajstić information content (AvgIpc) is 2.56. The summed E-state index contributed by atoms with van der Waals surface area (Å²) >= 11 is 6.31. The Kier molecular flexibility index (Phi) is 4.36. The summed E-state index contributed by atoms with van der Waals surface area (Å²) in [5.41, 5.74) is 1.20. The summed E-state index contributed by atoms with van der Waals surface area (Å²) in [5.74, 6) is 0.822. The van der Waals surface area contributed by atoms with Crippen LogP contribution in [0.15, 0.2) is 42.7 Å². The van der Waals surface area contributed by atoms with Crippen molar-refractivity contribution in [2.45, 2.75) is 13.0 Å². The molecule has 0 aliphatic carbocycles. The molecule has 0 spiro atoms. The Labute approximate surface area is 130 Å². The summed E-state index contributed by atoms with van der Waals surface area (Å²) < 4.78 is 0. The minimum Gasteiger partial charge on any atom is -0.338 e. The smallest absolute Gasteiger partial charge is 0.225 e. The van der Waals surface area contributed by atoms with Crippen LogP contribution in [0.2, 0.25) is 5.02 Å². The van der Waals surface area contributed by atoms with Crippen molar-refractivity contribution in [3.8, 4) is 0 Å². The van der Waals surface area contributed by atoms with E-state index >= 15 is 0 Å². The maximum atomic E-state index is 6.31. The van der Waals surface area contributed by atoms with E-state index in [2.05, 4.69) is 32.8 Å². The van der Waals surface area contributed by atoms with Gasteiger partial charge < -0.3 is 4.90 Å². The van der Waals surface area contributed by atoms with Crippen molar-refractivity contribution in [3.63, 3.8) is 0 Å². The van der Waals surface area contributed by atoms with E-state index in [0.29, 0.717) is 6.04 Å². The molecule has 21 heavy (non-hydrogen) atoms. The van der Waals surface area contributed by atoms with Gasteiger partial charge in [-0.05, 0) is 24.6 Å². The Morgan fingerprint density at radius 1 is 1.00 bits per heavy atom. The molecule has 2 aromatic rings. The van der Waals surface area contributed by atoms with Crippen molar-refractivity contribution in [3.05, 3.63) is 53.3 Å². The molecule has 2 heterocycles. The Morgan fingerprint density at radius 3 is 2.33 bits per heavy atom. The van der Waals surface area contributed by atoms with Gasteiger partial charge in [0.25, 0.3) is 0 Å². The molecule has 1 fully saturated rings. The third-order valence-corrected chi connectivity index (χ3v) is 4.40. The highest BCUT2D eigenvalue weighted by molar-refractivity contribution is 6.31. The Hall–Kier alpha value is -1.65. The molecule has 1 unspecified atom stereocenters. The molecule has 0 amide bonds. The summed E-state index contributed by atoms with van der Waals surface area (Å²) in [7, 11) is 0. The van der Waals surface area contributed by atoms with Crippen molar-refractivity contribution < 1.29 is 0 Å². The average molecular weight is 303 g/mol. The molecule has 1 aliphatic heterocycles. The zero-order chi connectivity index (χ0) is 14.7. The highest BCUT2D eigenvalue weighted by Crippen LogP contribution is 2.28. The molecule has 5 heteroatoms. The largest absolute Gasteiger partial charge is 0.338 e. The summed E-state index contributed by atoms with van der Waals surface area (Å²) in [6.07, 6.45) is 3.59. The van der Waals surface area contributed by atoms with Gasteiger partial charge >= 0.3 is 0 Å². The van der Waals surface area contributed by atoms with Gasteiger partial charge in [-0.15, -0.1) is 0 Å². The molecule has 110 valence electrons. The molecule has 0 N–H and O–H groups in total. The fourth-order valence-corrected chi connectivity index (χ4v) is 3.07. The molecule has 1 aromatic carbocycles. The second kappa shape index (κ2) is 6.41. The second-order valence-electron chi connectivity index (χ2n) is 5.27. The molecular weight excluding hydrogens is 284 g/mol. The highest BCUT2D eigenvalue weighted by Gasteiger charge is 2.24. The van der Waals surface area contributed by atoms with E-state index in [-0.39, 0.29) is 0 Å². The zero-order valence-electron chi connectivity index (χ0n) is 12.1. The number of rotatable bonds is 3. The Bertz CT molecular complexity index is 582. The lowest BCUT2D eigenvalue weighted by molar-refractivity contribution is 0.198. The van der Waals surface area contributed by atoms with Crippen molar-refractivity contribution in [1.82, 2.24) is 14.9 Å². The number of hydrogen-bond acceptors (Lipinski definition) is 4. The van der Waals surface area contributed by atoms with Crippen LogP contribution in [-0.2, 0) is 0 Å². The van der Waals surface area contributed by atoms with E-state index in [9.17, 15) is 0 Å². The molecule has 1 saturated heterocycles. The number of aromatic nitrogens is 2. The van der Waals surface area contributed by atoms with Gasteiger partial charge in [-0.2, -0.15) is 0 Å². The number of piperazine rings is 1. The van der Waals surface area contributed by atoms with Gasteiger partial charge in [0.15, 0.2) is 0 Å². The Morgan fingerprint density at radius 2 is 1.67 bits per heavy atom. The topological polar surface area (TPSA) is 32.3 Å². The maximum Gasteiger partial charge on any atom is 0.225 e. The quantitative estimate of drug-likeness (QED) is 0.872. The lowest BCUT2D eigenvalue weighted by atomic mass is 10.1. The van der Waals surface area contributed by atoms with E-state index in [1.165, 1.54) is 5.56 Å². The van der Waals surface area contributed by atoms with Crippen LogP contribution >= 0.6 is 11.6 Å². The third-order valence-electron chi connectivity index (χ3n) is 4.05. The fourth-order valence-electron chi connectivity index (χ4n) is 2.77. The monoisotopic (exact) mass is 302 g/mol. The number of halogens is 1. The SMILES string of the molecule is CC(c1ccccc1Cl)N1CCN(c2ncccn2)CC1. The first kappa shape index (κ1) is 14.3. The number of anilines is 1. The zero-order valence-corrected chi connectivity index (χ0v) is 12.9. The molecule has 0 radical (unpaired) electrons. The maximum absolute atomic E-state index is 6.31. The van der Waals surface area contributed by atoms with Crippen molar-refractivity contribution in [2.24, 2.45) is 0 Å². The molecule has 0 bridgehead atoms. The summed E-state index contributed by atoms with van der Waals surface area (Å²) in [4.78, 5) is 13.3. The Balaban J connectivity index is 1.65. The van der Waals surface area contributed by atoms with Crippen LogP contribution < -0.4 is 4.90 Å². The van der Waals surface area contributed by atoms with Crippen LogP contribution in [0.4, 0.5) is 5.95 Å². The van der Waals surface area contributed by atoms with Gasteiger partial charge in [0, 0.05) is 49.6 Å². The normalized spacial score (nSPS) is 17.7. The first-order valence-electron chi connectivity index (χ1n) is 7.26. The van der Waals surface area contributed by atoms with Crippen LogP contribution in [0.1, 0.15) is 18.5 Å². The third kappa shape index (κ3) is 3.17. The summed E-state index contributed by atoms with van der Waals surface area (Å²) in [6.45, 7) is 6.09. The van der Waals surface area contributed by atoms with Gasteiger partial charge in [-0.1, -0.05) is 29.8 Å². The van der Waals surface area contributed by atoms with Crippen LogP contribution in [0.5, 0.6) is 0 Å². The lowest BCUT2D eigenvalue weighted by Gasteiger charge is -2.38. The molecule has 0 saturated carbocycles. The van der Waals surface area contributed by atoms with Gasteiger partial charge in [0.05, 0.1) is 0 Å². The predicted molar refractivity (Wildman–Crippen MR) is 85.7 cm³/mol. The molecule has 1 aromatic heterocycles. The van der Waals surface area contributed by atoms with E-state index in [4.69, 9.17) is 11.6 Å². The fraction of sp³-hybridized carbons (Fsp3) is 0.375. The standard InChI is InChI=1S/C16H19ClN4/c1-13(14-5-2-3-6-15(14)17)20-9-11-21(12-10-20)16-18-7-4-8-19-16/h2-8,13H,9-12H2,1H3. The van der Waals surface area contributed by atoms with Gasteiger partial charge in [-0.3, -0.25) is 4.90 Å². The van der Waals surface area contributed by atoms with Crippen LogP contribution in [0.25, 0.3) is 0 Å². The van der Waals surface area contributed by atoms with E-state index in [0.717, 1.165) is 37.1 Å². The van der Waals surface area contributed by atoms with Crippen LogP contribution in [0, 0.1) is 0 Å². The van der Waals surface area contributed by atoms with E-state index < -0.39 is 0 Å². The molecular formula is C16H19ClN4. The summed E-state index contributed by atoms with van der Waals surface area (Å²) in [5, 5.41) is 0.846. The summed E-state index contributed by atoms with van der Waals surface area (Å²) in [6, 6.07) is 10.3. The lowest BCUT2D eigenvalue weighted by Crippen LogP contribution is -2.47. The first-order valence-corrected chi connectivity index (χ1v) is 7.64. The van der Waals surface area contributed by atoms with Crippen LogP contribution in [-0.4, -0.2) is 41.0 Å². The molecule has 3 rings (SSSR count). The minimum atomic E-state index is 0.331. The van der Waals surface area contributed by atoms with Gasteiger partial charge in [-0.25, -0.2) is 9.97 Å². The number of nitrogens with zero attached hydrogens (tertiary/aromatic N) is 4. The highest BCUT2D eigenvalue weighted by atomic mass is 35.5. The van der Waals surface area contributed by atoms with E-state index in [1.54, 1.807) is 12.4 Å². The molecule has 4 nitrogen and oxygen atoms in total. The first-order chi connectivity index (χ1) is 10.3. The minimum absolute atomic E-state index is 0.331. The van der Waals surface area contributed by atoms with E-state index in [1.807, 2.05) is 24.3 Å². The van der Waals surface area contributed by atoms with Crippen LogP contribution in [0.3, 0.4) is 0 Å². The van der Waals surface area contributed by atoms with Crippen molar-refractivity contribution in [2.75, 3.05) is 31.1 Å². The predicted octanol–water partition coefficient (Wildman–Crippen LogP) is 3.01. The number of benzene rings is 1. The van der Waals surface area contributed by atoms with Gasteiger partial charge in [0.1, 0.15) is 0 Å². The number of hydrogen-bond donors (Lipinski definition) is 0. The van der Waals surface area contributed by atoms with Crippen molar-refractivity contribution >= 4 is 17.5 Å². The van der Waals surface area contributed by atoms with Gasteiger partial charge in [0.2, 0.25) is 5.95 Å². The van der Waals surface area contributed by atoms with Crippen molar-refractivity contribution in [1.29, 1.82) is 0 Å². The molecule has 1 aliphatic rings. The second-order valence-corrected chi connectivity index (χ2v) is 5.68.